The van der Waals surface area contributed by atoms with Gasteiger partial charge in [0.2, 0.25) is 0 Å². The molecule has 0 radical (unpaired) electrons. The molecule has 0 aromatic rings. The van der Waals surface area contributed by atoms with Gasteiger partial charge in [-0.3, -0.25) is 0 Å². The fourth-order valence-electron chi connectivity index (χ4n) is 1.68. The first kappa shape index (κ1) is 7.84. The summed E-state index contributed by atoms with van der Waals surface area (Å²) in [6, 6.07) is 0. The molecule has 0 heterocycles. The summed E-state index contributed by atoms with van der Waals surface area (Å²) in [6.45, 7) is 13.3. The lowest BCUT2D eigenvalue weighted by Gasteiger charge is -2.17. The highest BCUT2D eigenvalue weighted by molar-refractivity contribution is 5.21. The molecule has 0 aliphatic heterocycles. The minimum Gasteiger partial charge on any atom is -0.0990 e. The Morgan fingerprint density at radius 3 is 2.10 bits per heavy atom. The third-order valence-electron chi connectivity index (χ3n) is 3.09. The molecular formula is C10H18. The standard InChI is InChI=1S/C10H18/c1-7(2)9(4)10(5)6-8(10)3/h7-8H,4,6H2,1-3,5H3. The highest BCUT2D eigenvalue weighted by Crippen LogP contribution is 2.58. The molecule has 10 heavy (non-hydrogen) atoms. The molecule has 0 heteroatoms. The van der Waals surface area contributed by atoms with Gasteiger partial charge in [-0.15, -0.1) is 0 Å². The Bertz CT molecular complexity index is 155. The van der Waals surface area contributed by atoms with Crippen LogP contribution in [0, 0.1) is 17.3 Å². The summed E-state index contributed by atoms with van der Waals surface area (Å²) in [5.74, 6) is 1.54. The molecule has 0 amide bonds. The second-order valence-electron chi connectivity index (χ2n) is 4.20. The van der Waals surface area contributed by atoms with Crippen LogP contribution < -0.4 is 0 Å². The van der Waals surface area contributed by atoms with Gasteiger partial charge in [-0.05, 0) is 23.7 Å². The Labute approximate surface area is 64.3 Å². The van der Waals surface area contributed by atoms with Gasteiger partial charge in [0.05, 0.1) is 0 Å². The van der Waals surface area contributed by atoms with Crippen LogP contribution in [0.2, 0.25) is 0 Å². The molecule has 1 fully saturated rings. The van der Waals surface area contributed by atoms with E-state index in [0.29, 0.717) is 11.3 Å². The highest BCUT2D eigenvalue weighted by atomic mass is 14.5. The molecule has 2 unspecified atom stereocenters. The summed E-state index contributed by atoms with van der Waals surface area (Å²) in [4.78, 5) is 0. The lowest BCUT2D eigenvalue weighted by Crippen LogP contribution is -2.06. The third-order valence-corrected chi connectivity index (χ3v) is 3.09. The summed E-state index contributed by atoms with van der Waals surface area (Å²) in [5.41, 5.74) is 1.94. The second-order valence-corrected chi connectivity index (χ2v) is 4.20. The van der Waals surface area contributed by atoms with E-state index in [2.05, 4.69) is 34.3 Å². The number of hydrogen-bond donors (Lipinski definition) is 0. The van der Waals surface area contributed by atoms with Crippen LogP contribution >= 0.6 is 0 Å². The second kappa shape index (κ2) is 2.11. The summed E-state index contributed by atoms with van der Waals surface area (Å²) in [5, 5.41) is 0. The first-order valence-corrected chi connectivity index (χ1v) is 4.17. The molecule has 0 saturated heterocycles. The van der Waals surface area contributed by atoms with Crippen molar-refractivity contribution in [2.45, 2.75) is 34.1 Å². The van der Waals surface area contributed by atoms with E-state index < -0.39 is 0 Å². The van der Waals surface area contributed by atoms with Crippen molar-refractivity contribution in [2.24, 2.45) is 17.3 Å². The SMILES string of the molecule is C=C(C(C)C)C1(C)CC1C. The normalized spacial score (nSPS) is 38.3. The molecule has 0 bridgehead atoms. The van der Waals surface area contributed by atoms with Gasteiger partial charge in [-0.25, -0.2) is 0 Å². The first-order valence-electron chi connectivity index (χ1n) is 4.17. The molecular weight excluding hydrogens is 120 g/mol. The average Bonchev–Trinajstić information content (AvgIpc) is 2.41. The maximum Gasteiger partial charge on any atom is -0.00877 e. The van der Waals surface area contributed by atoms with Crippen molar-refractivity contribution in [3.63, 3.8) is 0 Å². The molecule has 0 aromatic carbocycles. The molecule has 0 spiro atoms. The van der Waals surface area contributed by atoms with Crippen LogP contribution in [0.25, 0.3) is 0 Å². The number of allylic oxidation sites excluding steroid dienone is 1. The summed E-state index contributed by atoms with van der Waals surface area (Å²) < 4.78 is 0. The van der Waals surface area contributed by atoms with Crippen LogP contribution in [-0.4, -0.2) is 0 Å². The van der Waals surface area contributed by atoms with E-state index in [0.717, 1.165) is 5.92 Å². The predicted octanol–water partition coefficient (Wildman–Crippen LogP) is 3.24. The molecule has 0 nitrogen and oxygen atoms in total. The van der Waals surface area contributed by atoms with E-state index in [4.69, 9.17) is 0 Å². The minimum absolute atomic E-state index is 0.494. The van der Waals surface area contributed by atoms with E-state index in [1.807, 2.05) is 0 Å². The zero-order valence-electron chi connectivity index (χ0n) is 7.57. The number of rotatable bonds is 2. The van der Waals surface area contributed by atoms with E-state index >= 15 is 0 Å². The molecule has 1 aliphatic carbocycles. The van der Waals surface area contributed by atoms with Crippen molar-refractivity contribution in [1.82, 2.24) is 0 Å². The monoisotopic (exact) mass is 138 g/mol. The average molecular weight is 138 g/mol. The summed E-state index contributed by atoms with van der Waals surface area (Å²) in [6.07, 6.45) is 1.35. The smallest absolute Gasteiger partial charge is 0.00877 e. The Kier molecular flexibility index (Phi) is 1.66. The van der Waals surface area contributed by atoms with Gasteiger partial charge in [0.1, 0.15) is 0 Å². The van der Waals surface area contributed by atoms with Crippen LogP contribution in [-0.2, 0) is 0 Å². The van der Waals surface area contributed by atoms with Crippen molar-refractivity contribution in [2.75, 3.05) is 0 Å². The summed E-state index contributed by atoms with van der Waals surface area (Å²) >= 11 is 0. The Morgan fingerprint density at radius 1 is 1.60 bits per heavy atom. The molecule has 2 atom stereocenters. The summed E-state index contributed by atoms with van der Waals surface area (Å²) in [7, 11) is 0. The van der Waals surface area contributed by atoms with Crippen LogP contribution in [0.4, 0.5) is 0 Å². The van der Waals surface area contributed by atoms with Gasteiger partial charge in [-0.1, -0.05) is 39.8 Å². The fraction of sp³-hybridized carbons (Fsp3) is 0.800. The quantitative estimate of drug-likeness (QED) is 0.514. The van der Waals surface area contributed by atoms with Crippen molar-refractivity contribution in [3.8, 4) is 0 Å². The van der Waals surface area contributed by atoms with Crippen LogP contribution in [0.3, 0.4) is 0 Å². The van der Waals surface area contributed by atoms with Crippen molar-refractivity contribution < 1.29 is 0 Å². The minimum atomic E-state index is 0.494. The van der Waals surface area contributed by atoms with Crippen LogP contribution in [0.5, 0.6) is 0 Å². The van der Waals surface area contributed by atoms with E-state index in [1.54, 1.807) is 0 Å². The Morgan fingerprint density at radius 2 is 2.00 bits per heavy atom. The molecule has 0 N–H and O–H groups in total. The van der Waals surface area contributed by atoms with Gasteiger partial charge < -0.3 is 0 Å². The van der Waals surface area contributed by atoms with Gasteiger partial charge in [-0.2, -0.15) is 0 Å². The first-order chi connectivity index (χ1) is 4.48. The zero-order chi connectivity index (χ0) is 7.94. The van der Waals surface area contributed by atoms with E-state index in [-0.39, 0.29) is 0 Å². The van der Waals surface area contributed by atoms with E-state index in [1.165, 1.54) is 12.0 Å². The van der Waals surface area contributed by atoms with Gasteiger partial charge in [0.25, 0.3) is 0 Å². The topological polar surface area (TPSA) is 0 Å². The van der Waals surface area contributed by atoms with Crippen molar-refractivity contribution >= 4 is 0 Å². The van der Waals surface area contributed by atoms with Gasteiger partial charge >= 0.3 is 0 Å². The van der Waals surface area contributed by atoms with E-state index in [9.17, 15) is 0 Å². The van der Waals surface area contributed by atoms with Gasteiger partial charge in [0, 0.05) is 0 Å². The molecule has 1 saturated carbocycles. The lowest BCUT2D eigenvalue weighted by atomic mass is 9.88. The van der Waals surface area contributed by atoms with Crippen molar-refractivity contribution in [3.05, 3.63) is 12.2 Å². The molecule has 1 aliphatic rings. The Hall–Kier alpha value is -0.260. The number of hydrogen-bond acceptors (Lipinski definition) is 0. The molecule has 1 rings (SSSR count). The maximum absolute atomic E-state index is 4.14. The van der Waals surface area contributed by atoms with Crippen LogP contribution in [0.1, 0.15) is 34.1 Å². The largest absolute Gasteiger partial charge is 0.0990 e. The predicted molar refractivity (Wildman–Crippen MR) is 45.9 cm³/mol. The van der Waals surface area contributed by atoms with Gasteiger partial charge in [0.15, 0.2) is 0 Å². The Balaban J connectivity index is 2.59. The van der Waals surface area contributed by atoms with Crippen LogP contribution in [0.15, 0.2) is 12.2 Å². The third kappa shape index (κ3) is 1.00. The van der Waals surface area contributed by atoms with Crippen molar-refractivity contribution in [1.29, 1.82) is 0 Å². The lowest BCUT2D eigenvalue weighted by molar-refractivity contribution is 0.540. The zero-order valence-corrected chi connectivity index (χ0v) is 7.57. The maximum atomic E-state index is 4.14. The molecule has 58 valence electrons. The fourth-order valence-corrected chi connectivity index (χ4v) is 1.68. The molecule has 0 aromatic heterocycles. The highest BCUT2D eigenvalue weighted by Gasteiger charge is 2.48.